The molecule has 0 radical (unpaired) electrons. The lowest BCUT2D eigenvalue weighted by molar-refractivity contribution is 0.0912. The third-order valence-electron chi connectivity index (χ3n) is 2.27. The van der Waals surface area contributed by atoms with Crippen LogP contribution in [-0.4, -0.2) is 22.6 Å². The molecule has 0 aliphatic heterocycles. The second-order valence-electron chi connectivity index (χ2n) is 3.65. The summed E-state index contributed by atoms with van der Waals surface area (Å²) in [6, 6.07) is 7.69. The molecule has 0 saturated carbocycles. The Kier molecular flexibility index (Phi) is 3.18. The van der Waals surface area contributed by atoms with E-state index in [2.05, 4.69) is 15.5 Å². The van der Waals surface area contributed by atoms with Crippen LogP contribution in [0.5, 0.6) is 0 Å². The molecule has 0 spiro atoms. The van der Waals surface area contributed by atoms with E-state index in [9.17, 15) is 4.79 Å². The summed E-state index contributed by atoms with van der Waals surface area (Å²) >= 11 is 0. The number of hydrogen-bond acceptors (Lipinski definition) is 4. The maximum Gasteiger partial charge on any atom is 0.316 e. The molecule has 17 heavy (non-hydrogen) atoms. The molecule has 2 rings (SSSR count). The number of aromatic nitrogens is 2. The first kappa shape index (κ1) is 11.3. The van der Waals surface area contributed by atoms with Gasteiger partial charge in [0.15, 0.2) is 0 Å². The molecule has 0 bridgehead atoms. The van der Waals surface area contributed by atoms with Crippen LogP contribution in [0.25, 0.3) is 11.4 Å². The number of benzene rings is 1. The van der Waals surface area contributed by atoms with Gasteiger partial charge >= 0.3 is 11.8 Å². The summed E-state index contributed by atoms with van der Waals surface area (Å²) in [5, 5.41) is 6.37. The minimum absolute atomic E-state index is 0.0116. The van der Waals surface area contributed by atoms with Gasteiger partial charge in [-0.3, -0.25) is 4.79 Å². The Morgan fingerprint density at radius 2 is 2.06 bits per heavy atom. The normalized spacial score (nSPS) is 10.2. The maximum absolute atomic E-state index is 11.4. The molecule has 0 fully saturated rings. The summed E-state index contributed by atoms with van der Waals surface area (Å²) in [4.78, 5) is 15.5. The van der Waals surface area contributed by atoms with Gasteiger partial charge in [-0.1, -0.05) is 35.0 Å². The third-order valence-corrected chi connectivity index (χ3v) is 2.27. The first-order chi connectivity index (χ1) is 8.20. The van der Waals surface area contributed by atoms with Crippen LogP contribution >= 0.6 is 0 Å². The largest absolute Gasteiger partial charge is 0.348 e. The van der Waals surface area contributed by atoms with Gasteiger partial charge < -0.3 is 9.84 Å². The number of nitrogens with zero attached hydrogens (tertiary/aromatic N) is 2. The smallest absolute Gasteiger partial charge is 0.316 e. The SMILES string of the molecule is CCNC(=O)c1nc(-c2ccc(C)cc2)no1. The number of amides is 1. The molecule has 0 unspecified atom stereocenters. The highest BCUT2D eigenvalue weighted by molar-refractivity contribution is 5.89. The molecule has 2 aromatic rings. The summed E-state index contributed by atoms with van der Waals surface area (Å²) in [6.07, 6.45) is 0. The van der Waals surface area contributed by atoms with Crippen LogP contribution < -0.4 is 5.32 Å². The summed E-state index contributed by atoms with van der Waals surface area (Å²) < 4.78 is 4.89. The Labute approximate surface area is 98.8 Å². The molecular weight excluding hydrogens is 218 g/mol. The molecule has 1 N–H and O–H groups in total. The number of carbonyl (C=O) groups excluding carboxylic acids is 1. The van der Waals surface area contributed by atoms with Gasteiger partial charge in [0, 0.05) is 12.1 Å². The lowest BCUT2D eigenvalue weighted by atomic mass is 10.1. The van der Waals surface area contributed by atoms with Gasteiger partial charge in [-0.05, 0) is 13.8 Å². The van der Waals surface area contributed by atoms with Crippen LogP contribution in [-0.2, 0) is 0 Å². The van der Waals surface area contributed by atoms with Crippen molar-refractivity contribution in [3.63, 3.8) is 0 Å². The molecule has 88 valence electrons. The molecule has 1 aromatic heterocycles. The Morgan fingerprint density at radius 3 is 2.71 bits per heavy atom. The molecule has 5 nitrogen and oxygen atoms in total. The monoisotopic (exact) mass is 231 g/mol. The van der Waals surface area contributed by atoms with Crippen LogP contribution in [0.3, 0.4) is 0 Å². The summed E-state index contributed by atoms with van der Waals surface area (Å²) in [5.74, 6) is 0.0621. The van der Waals surface area contributed by atoms with Crippen LogP contribution in [0.4, 0.5) is 0 Å². The first-order valence-corrected chi connectivity index (χ1v) is 5.39. The zero-order valence-electron chi connectivity index (χ0n) is 9.73. The quantitative estimate of drug-likeness (QED) is 0.874. The number of carbonyl (C=O) groups is 1. The van der Waals surface area contributed by atoms with Gasteiger partial charge in [0.05, 0.1) is 0 Å². The number of aryl methyl sites for hydroxylation is 1. The second-order valence-corrected chi connectivity index (χ2v) is 3.65. The van der Waals surface area contributed by atoms with Crippen molar-refractivity contribution in [2.45, 2.75) is 13.8 Å². The topological polar surface area (TPSA) is 68.0 Å². The summed E-state index contributed by atoms with van der Waals surface area (Å²) in [5.41, 5.74) is 1.98. The first-order valence-electron chi connectivity index (χ1n) is 5.39. The molecule has 0 atom stereocenters. The second kappa shape index (κ2) is 4.78. The van der Waals surface area contributed by atoms with Crippen LogP contribution in [0.15, 0.2) is 28.8 Å². The van der Waals surface area contributed by atoms with Crippen molar-refractivity contribution in [1.82, 2.24) is 15.5 Å². The Balaban J connectivity index is 2.23. The van der Waals surface area contributed by atoms with E-state index in [1.165, 1.54) is 0 Å². The van der Waals surface area contributed by atoms with Crippen molar-refractivity contribution in [2.75, 3.05) is 6.54 Å². The van der Waals surface area contributed by atoms with E-state index in [4.69, 9.17) is 4.52 Å². The van der Waals surface area contributed by atoms with Crippen molar-refractivity contribution in [3.05, 3.63) is 35.7 Å². The molecule has 0 aliphatic carbocycles. The Morgan fingerprint density at radius 1 is 1.35 bits per heavy atom. The van der Waals surface area contributed by atoms with Crippen molar-refractivity contribution in [3.8, 4) is 11.4 Å². The lowest BCUT2D eigenvalue weighted by Gasteiger charge is -1.95. The van der Waals surface area contributed by atoms with E-state index >= 15 is 0 Å². The van der Waals surface area contributed by atoms with Gasteiger partial charge in [0.25, 0.3) is 0 Å². The highest BCUT2D eigenvalue weighted by atomic mass is 16.5. The zero-order valence-corrected chi connectivity index (χ0v) is 9.73. The van der Waals surface area contributed by atoms with Gasteiger partial charge in [0.2, 0.25) is 5.82 Å². The molecule has 1 heterocycles. The Hall–Kier alpha value is -2.17. The minimum Gasteiger partial charge on any atom is -0.348 e. The van der Waals surface area contributed by atoms with E-state index in [-0.39, 0.29) is 11.8 Å². The van der Waals surface area contributed by atoms with Crippen LogP contribution in [0.2, 0.25) is 0 Å². The van der Waals surface area contributed by atoms with Crippen molar-refractivity contribution in [1.29, 1.82) is 0 Å². The predicted molar refractivity (Wildman–Crippen MR) is 62.5 cm³/mol. The maximum atomic E-state index is 11.4. The fourth-order valence-corrected chi connectivity index (χ4v) is 1.37. The van der Waals surface area contributed by atoms with E-state index in [0.29, 0.717) is 12.4 Å². The predicted octanol–water partition coefficient (Wildman–Crippen LogP) is 1.79. The average Bonchev–Trinajstić information content (AvgIpc) is 2.80. The Bertz CT molecular complexity index is 517. The van der Waals surface area contributed by atoms with E-state index in [1.54, 1.807) is 0 Å². The standard InChI is InChI=1S/C12H13N3O2/c1-3-13-11(16)12-14-10(15-17-12)9-6-4-8(2)5-7-9/h4-7H,3H2,1-2H3,(H,13,16). The van der Waals surface area contributed by atoms with Gasteiger partial charge in [-0.25, -0.2) is 0 Å². The highest BCUT2D eigenvalue weighted by Gasteiger charge is 2.14. The molecular formula is C12H13N3O2. The third kappa shape index (κ3) is 2.50. The summed E-state index contributed by atoms with van der Waals surface area (Å²) in [7, 11) is 0. The lowest BCUT2D eigenvalue weighted by Crippen LogP contribution is -2.22. The van der Waals surface area contributed by atoms with Crippen LogP contribution in [0.1, 0.15) is 23.2 Å². The molecule has 1 amide bonds. The van der Waals surface area contributed by atoms with E-state index in [0.717, 1.165) is 11.1 Å². The highest BCUT2D eigenvalue weighted by Crippen LogP contribution is 2.16. The summed E-state index contributed by atoms with van der Waals surface area (Å²) in [6.45, 7) is 4.36. The molecule has 5 heteroatoms. The van der Waals surface area contributed by atoms with E-state index < -0.39 is 0 Å². The average molecular weight is 231 g/mol. The molecule has 1 aromatic carbocycles. The fraction of sp³-hybridized carbons (Fsp3) is 0.250. The number of nitrogens with one attached hydrogen (secondary N) is 1. The number of hydrogen-bond donors (Lipinski definition) is 1. The van der Waals surface area contributed by atoms with Gasteiger partial charge in [-0.15, -0.1) is 0 Å². The zero-order chi connectivity index (χ0) is 12.3. The molecule has 0 aliphatic rings. The van der Waals surface area contributed by atoms with Gasteiger partial charge in [0.1, 0.15) is 0 Å². The van der Waals surface area contributed by atoms with Crippen LogP contribution in [0, 0.1) is 6.92 Å². The van der Waals surface area contributed by atoms with Crippen molar-refractivity contribution >= 4 is 5.91 Å². The molecule has 0 saturated heterocycles. The number of rotatable bonds is 3. The van der Waals surface area contributed by atoms with Crippen molar-refractivity contribution in [2.24, 2.45) is 0 Å². The van der Waals surface area contributed by atoms with E-state index in [1.807, 2.05) is 38.1 Å². The van der Waals surface area contributed by atoms with Gasteiger partial charge in [-0.2, -0.15) is 4.98 Å². The fourth-order valence-electron chi connectivity index (χ4n) is 1.37. The van der Waals surface area contributed by atoms with Crippen molar-refractivity contribution < 1.29 is 9.32 Å². The minimum atomic E-state index is -0.349.